The minimum atomic E-state index is -2.28. The number of fused-ring (bicyclic) bond motifs is 7. The molecule has 0 bridgehead atoms. The second kappa shape index (κ2) is 3.25. The standard InChI is InChI=1S/C15H12N5/c1-18-12-3-2-5-17-14(12)20-9-19-8-10-7-16-6-4-11(10)13(19)15(18)20/h2-7,9H,8H2,1H3/q+1/i1D3. The molecule has 0 saturated carbocycles. The monoisotopic (exact) mass is 265 g/mol. The zero-order valence-electron chi connectivity index (χ0n) is 13.5. The average molecular weight is 265 g/mol. The number of aromatic nitrogens is 5. The molecular weight excluding hydrogens is 250 g/mol. The highest BCUT2D eigenvalue weighted by Gasteiger charge is 2.30. The molecular formula is C15H12N5+. The second-order valence-electron chi connectivity index (χ2n) is 5.00. The maximum Gasteiger partial charge on any atom is 0.272 e. The summed E-state index contributed by atoms with van der Waals surface area (Å²) in [6.45, 7) is -1.59. The molecule has 0 N–H and O–H groups in total. The van der Waals surface area contributed by atoms with Crippen LogP contribution in [0.3, 0.4) is 0 Å². The normalized spacial score (nSPS) is 15.9. The van der Waals surface area contributed by atoms with Crippen molar-refractivity contribution in [2.24, 2.45) is 6.98 Å². The molecule has 0 unspecified atom stereocenters. The first-order valence-corrected chi connectivity index (χ1v) is 6.39. The van der Waals surface area contributed by atoms with Gasteiger partial charge < -0.3 is 0 Å². The van der Waals surface area contributed by atoms with E-state index in [-0.39, 0.29) is 0 Å². The Morgan fingerprint density at radius 1 is 1.35 bits per heavy atom. The van der Waals surface area contributed by atoms with E-state index < -0.39 is 6.98 Å². The highest BCUT2D eigenvalue weighted by atomic mass is 15.2. The number of imidazole rings is 2. The summed E-state index contributed by atoms with van der Waals surface area (Å²) in [5, 5.41) is 0. The Balaban J connectivity index is 2.02. The van der Waals surface area contributed by atoms with Crippen LogP contribution in [-0.4, -0.2) is 19.1 Å². The van der Waals surface area contributed by atoms with Crippen molar-refractivity contribution in [2.45, 2.75) is 6.54 Å². The molecule has 0 saturated heterocycles. The molecule has 0 amide bonds. The van der Waals surface area contributed by atoms with Gasteiger partial charge in [0.05, 0.1) is 16.9 Å². The van der Waals surface area contributed by atoms with Gasteiger partial charge in [-0.3, -0.25) is 14.1 Å². The molecule has 5 heteroatoms. The molecule has 0 spiro atoms. The van der Waals surface area contributed by atoms with Crippen LogP contribution in [0.1, 0.15) is 9.68 Å². The van der Waals surface area contributed by atoms with Crippen molar-refractivity contribution in [2.75, 3.05) is 0 Å². The van der Waals surface area contributed by atoms with E-state index in [2.05, 4.69) is 14.5 Å². The lowest BCUT2D eigenvalue weighted by Crippen LogP contribution is -2.18. The van der Waals surface area contributed by atoms with Crippen molar-refractivity contribution >= 4 is 16.8 Å². The molecule has 0 aromatic carbocycles. The van der Waals surface area contributed by atoms with Crippen LogP contribution in [0.2, 0.25) is 0 Å². The fourth-order valence-electron chi connectivity index (χ4n) is 3.09. The van der Waals surface area contributed by atoms with Crippen LogP contribution >= 0.6 is 0 Å². The van der Waals surface area contributed by atoms with Crippen LogP contribution in [0.4, 0.5) is 0 Å². The van der Waals surface area contributed by atoms with Crippen molar-refractivity contribution in [1.29, 1.82) is 0 Å². The van der Waals surface area contributed by atoms with Gasteiger partial charge in [0.25, 0.3) is 5.65 Å². The topological polar surface area (TPSA) is 39.7 Å². The zero-order valence-corrected chi connectivity index (χ0v) is 10.5. The van der Waals surface area contributed by atoms with Crippen LogP contribution in [0.15, 0.2) is 43.1 Å². The largest absolute Gasteiger partial charge is 0.272 e. The molecule has 20 heavy (non-hydrogen) atoms. The van der Waals surface area contributed by atoms with E-state index in [1.54, 1.807) is 24.5 Å². The van der Waals surface area contributed by atoms with Gasteiger partial charge in [-0.25, -0.2) is 0 Å². The molecule has 5 rings (SSSR count). The summed E-state index contributed by atoms with van der Waals surface area (Å²) < 4.78 is 29.2. The fourth-order valence-corrected chi connectivity index (χ4v) is 3.09. The van der Waals surface area contributed by atoms with E-state index in [1.165, 1.54) is 4.57 Å². The first-order valence-electron chi connectivity index (χ1n) is 7.89. The Hall–Kier alpha value is -2.69. The van der Waals surface area contributed by atoms with Gasteiger partial charge in [0.15, 0.2) is 17.5 Å². The summed E-state index contributed by atoms with van der Waals surface area (Å²) in [7, 11) is 0. The average Bonchev–Trinajstić information content (AvgIpc) is 3.12. The number of hydrogen-bond acceptors (Lipinski definition) is 2. The smallest absolute Gasteiger partial charge is 0.272 e. The summed E-state index contributed by atoms with van der Waals surface area (Å²) in [5.41, 5.74) is 4.92. The van der Waals surface area contributed by atoms with Gasteiger partial charge in [-0.1, -0.05) is 0 Å². The lowest BCUT2D eigenvalue weighted by Gasteiger charge is -1.95. The predicted octanol–water partition coefficient (Wildman–Crippen LogP) is 1.54. The third kappa shape index (κ3) is 1.02. The Labute approximate surface area is 119 Å². The van der Waals surface area contributed by atoms with E-state index >= 15 is 0 Å². The van der Waals surface area contributed by atoms with E-state index in [4.69, 9.17) is 4.11 Å². The van der Waals surface area contributed by atoms with Gasteiger partial charge >= 0.3 is 0 Å². The molecule has 0 atom stereocenters. The SMILES string of the molecule is [2H]C([2H])([2H])n1c2cccnc2[n+]2cn3c(c12)-c1ccncc1C3. The molecule has 0 fully saturated rings. The van der Waals surface area contributed by atoms with E-state index in [0.29, 0.717) is 23.4 Å². The van der Waals surface area contributed by atoms with Crippen molar-refractivity contribution in [1.82, 2.24) is 19.1 Å². The molecule has 4 aromatic heterocycles. The highest BCUT2D eigenvalue weighted by Crippen LogP contribution is 2.34. The summed E-state index contributed by atoms with van der Waals surface area (Å²) in [5.74, 6) is 0. The van der Waals surface area contributed by atoms with Gasteiger partial charge in [-0.05, 0) is 18.2 Å². The maximum atomic E-state index is 7.97. The van der Waals surface area contributed by atoms with E-state index in [9.17, 15) is 0 Å². The molecule has 1 aliphatic rings. The zero-order chi connectivity index (χ0) is 15.8. The Bertz CT molecular complexity index is 1090. The van der Waals surface area contributed by atoms with Crippen molar-refractivity contribution in [3.63, 3.8) is 0 Å². The molecule has 5 heterocycles. The minimum absolute atomic E-state index is 0.605. The van der Waals surface area contributed by atoms with Crippen molar-refractivity contribution in [3.8, 4) is 11.3 Å². The fraction of sp³-hybridized carbons (Fsp3) is 0.133. The quantitative estimate of drug-likeness (QED) is 0.398. The summed E-state index contributed by atoms with van der Waals surface area (Å²) in [6, 6.07) is 5.49. The molecule has 96 valence electrons. The summed E-state index contributed by atoms with van der Waals surface area (Å²) >= 11 is 0. The van der Waals surface area contributed by atoms with Gasteiger partial charge in [0.2, 0.25) is 5.65 Å². The van der Waals surface area contributed by atoms with Gasteiger partial charge in [-0.15, -0.1) is 4.98 Å². The first-order chi connectivity index (χ1) is 11.1. The Morgan fingerprint density at radius 2 is 2.35 bits per heavy atom. The number of nitrogens with zero attached hydrogens (tertiary/aromatic N) is 5. The second-order valence-corrected chi connectivity index (χ2v) is 5.00. The molecule has 1 aliphatic heterocycles. The molecule has 0 radical (unpaired) electrons. The predicted molar refractivity (Wildman–Crippen MR) is 74.2 cm³/mol. The molecule has 5 nitrogen and oxygen atoms in total. The van der Waals surface area contributed by atoms with Crippen molar-refractivity contribution < 1.29 is 8.51 Å². The third-order valence-corrected chi connectivity index (χ3v) is 3.93. The van der Waals surface area contributed by atoms with Gasteiger partial charge in [-0.2, -0.15) is 4.40 Å². The number of hydrogen-bond donors (Lipinski definition) is 0. The number of aryl methyl sites for hydroxylation is 1. The van der Waals surface area contributed by atoms with Gasteiger partial charge in [0, 0.05) is 30.5 Å². The summed E-state index contributed by atoms with van der Waals surface area (Å²) in [4.78, 5) is 8.54. The van der Waals surface area contributed by atoms with Crippen LogP contribution in [-0.2, 0) is 13.5 Å². The van der Waals surface area contributed by atoms with E-state index in [1.807, 2.05) is 23.0 Å². The molecule has 4 aromatic rings. The lowest BCUT2D eigenvalue weighted by molar-refractivity contribution is -0.484. The summed E-state index contributed by atoms with van der Waals surface area (Å²) in [6.07, 6.45) is 7.17. The number of pyridine rings is 2. The highest BCUT2D eigenvalue weighted by molar-refractivity contribution is 5.82. The Morgan fingerprint density at radius 3 is 3.30 bits per heavy atom. The van der Waals surface area contributed by atoms with Crippen molar-refractivity contribution in [3.05, 3.63) is 48.7 Å². The third-order valence-electron chi connectivity index (χ3n) is 3.93. The first kappa shape index (κ1) is 7.79. The van der Waals surface area contributed by atoms with Crippen LogP contribution in [0.25, 0.3) is 28.1 Å². The van der Waals surface area contributed by atoms with E-state index in [0.717, 1.165) is 16.8 Å². The number of rotatable bonds is 0. The van der Waals surface area contributed by atoms with Gasteiger partial charge in [0.1, 0.15) is 0 Å². The maximum absolute atomic E-state index is 7.97. The lowest BCUT2D eigenvalue weighted by atomic mass is 10.1. The Kier molecular flexibility index (Phi) is 1.27. The van der Waals surface area contributed by atoms with Crippen LogP contribution in [0.5, 0.6) is 0 Å². The minimum Gasteiger partial charge on any atom is -0.272 e. The van der Waals surface area contributed by atoms with Crippen LogP contribution < -0.4 is 4.40 Å². The molecule has 0 aliphatic carbocycles. The van der Waals surface area contributed by atoms with Crippen LogP contribution in [0, 0.1) is 0 Å².